The molecule has 3 heterocycles. The minimum atomic E-state index is -0.223. The SMILES string of the molecule is Cc1ccc(-n2ncc(-c3cc(C(=O)Nc4ccc5c(c4)OCCO5)c4cc(C)ccc4n3)c2C)cc1. The monoisotopic (exact) mass is 490 g/mol. The molecule has 0 atom stereocenters. The van der Waals surface area contributed by atoms with Crippen LogP contribution in [-0.2, 0) is 0 Å². The summed E-state index contributed by atoms with van der Waals surface area (Å²) in [7, 11) is 0. The summed E-state index contributed by atoms with van der Waals surface area (Å²) in [6.45, 7) is 7.08. The Hall–Kier alpha value is -4.65. The topological polar surface area (TPSA) is 78.3 Å². The third-order valence-electron chi connectivity index (χ3n) is 6.57. The van der Waals surface area contributed by atoms with E-state index in [1.54, 1.807) is 12.3 Å². The zero-order valence-corrected chi connectivity index (χ0v) is 20.9. The standard InChI is InChI=1S/C30H26N4O3/c1-18-4-8-22(9-5-18)34-20(3)25(17-31-34)27-16-24(23-14-19(2)6-10-26(23)33-27)30(35)32-21-7-11-28-29(15-21)37-13-12-36-28/h4-11,14-17H,12-13H2,1-3H3,(H,32,35). The van der Waals surface area contributed by atoms with Gasteiger partial charge in [0.2, 0.25) is 0 Å². The van der Waals surface area contributed by atoms with E-state index < -0.39 is 0 Å². The summed E-state index contributed by atoms with van der Waals surface area (Å²) in [5, 5.41) is 8.44. The molecule has 0 saturated heterocycles. The van der Waals surface area contributed by atoms with Crippen molar-refractivity contribution >= 4 is 22.5 Å². The van der Waals surface area contributed by atoms with Crippen molar-refractivity contribution in [2.75, 3.05) is 18.5 Å². The van der Waals surface area contributed by atoms with Crippen molar-refractivity contribution in [3.8, 4) is 28.4 Å². The van der Waals surface area contributed by atoms with Crippen molar-refractivity contribution in [3.05, 3.63) is 95.3 Å². The Morgan fingerprint density at radius 2 is 1.62 bits per heavy atom. The van der Waals surface area contributed by atoms with Gasteiger partial charge in [-0.25, -0.2) is 9.67 Å². The number of aryl methyl sites for hydroxylation is 2. The van der Waals surface area contributed by atoms with Crippen LogP contribution in [0.5, 0.6) is 11.5 Å². The summed E-state index contributed by atoms with van der Waals surface area (Å²) >= 11 is 0. The Morgan fingerprint density at radius 1 is 0.865 bits per heavy atom. The zero-order valence-electron chi connectivity index (χ0n) is 20.9. The number of amides is 1. The fourth-order valence-electron chi connectivity index (χ4n) is 4.59. The van der Waals surface area contributed by atoms with Crippen molar-refractivity contribution in [3.63, 3.8) is 0 Å². The summed E-state index contributed by atoms with van der Waals surface area (Å²) in [6, 6.07) is 21.4. The second kappa shape index (κ2) is 9.09. The van der Waals surface area contributed by atoms with Gasteiger partial charge >= 0.3 is 0 Å². The van der Waals surface area contributed by atoms with Crippen LogP contribution in [-0.4, -0.2) is 33.9 Å². The minimum absolute atomic E-state index is 0.223. The zero-order chi connectivity index (χ0) is 25.5. The number of rotatable bonds is 4. The molecule has 1 aliphatic rings. The fraction of sp³-hybridized carbons (Fsp3) is 0.167. The normalized spacial score (nSPS) is 12.5. The lowest BCUT2D eigenvalue weighted by Gasteiger charge is -2.19. The summed E-state index contributed by atoms with van der Waals surface area (Å²) in [6.07, 6.45) is 1.81. The summed E-state index contributed by atoms with van der Waals surface area (Å²) in [5.41, 5.74) is 7.66. The van der Waals surface area contributed by atoms with Crippen LogP contribution in [0, 0.1) is 20.8 Å². The van der Waals surface area contributed by atoms with Crippen molar-refractivity contribution < 1.29 is 14.3 Å². The quantitative estimate of drug-likeness (QED) is 0.333. The predicted molar refractivity (Wildman–Crippen MR) is 144 cm³/mol. The maximum atomic E-state index is 13.6. The molecule has 1 N–H and O–H groups in total. The average Bonchev–Trinajstić information content (AvgIpc) is 3.29. The molecular formula is C30H26N4O3. The van der Waals surface area contributed by atoms with Crippen LogP contribution in [0.3, 0.4) is 0 Å². The number of anilines is 1. The Labute approximate surface area is 214 Å². The van der Waals surface area contributed by atoms with Gasteiger partial charge in [-0.3, -0.25) is 4.79 Å². The minimum Gasteiger partial charge on any atom is -0.486 e. The molecule has 6 rings (SSSR count). The second-order valence-electron chi connectivity index (χ2n) is 9.28. The number of nitrogens with zero attached hydrogens (tertiary/aromatic N) is 3. The highest BCUT2D eigenvalue weighted by atomic mass is 16.6. The molecule has 0 spiro atoms. The summed E-state index contributed by atoms with van der Waals surface area (Å²) in [4.78, 5) is 18.5. The number of aromatic nitrogens is 3. The Bertz CT molecular complexity index is 1650. The van der Waals surface area contributed by atoms with Gasteiger partial charge in [0, 0.05) is 22.7 Å². The van der Waals surface area contributed by atoms with Gasteiger partial charge < -0.3 is 14.8 Å². The third kappa shape index (κ3) is 4.29. The van der Waals surface area contributed by atoms with E-state index in [1.807, 2.05) is 67.1 Å². The van der Waals surface area contributed by atoms with E-state index in [0.717, 1.165) is 33.4 Å². The first-order valence-corrected chi connectivity index (χ1v) is 12.2. The van der Waals surface area contributed by atoms with Gasteiger partial charge in [-0.2, -0.15) is 5.10 Å². The molecule has 0 radical (unpaired) electrons. The van der Waals surface area contributed by atoms with Crippen LogP contribution in [0.4, 0.5) is 5.69 Å². The summed E-state index contributed by atoms with van der Waals surface area (Å²) in [5.74, 6) is 1.08. The molecule has 1 amide bonds. The molecule has 0 aliphatic carbocycles. The number of carbonyl (C=O) groups excluding carboxylic acids is 1. The van der Waals surface area contributed by atoms with Gasteiger partial charge in [0.25, 0.3) is 5.91 Å². The Morgan fingerprint density at radius 3 is 2.43 bits per heavy atom. The Balaban J connectivity index is 1.41. The lowest BCUT2D eigenvalue weighted by molar-refractivity contribution is 0.102. The lowest BCUT2D eigenvalue weighted by atomic mass is 10.0. The van der Waals surface area contributed by atoms with Crippen LogP contribution in [0.25, 0.3) is 27.8 Å². The smallest absolute Gasteiger partial charge is 0.256 e. The molecule has 5 aromatic rings. The van der Waals surface area contributed by atoms with Crippen molar-refractivity contribution in [1.82, 2.24) is 14.8 Å². The van der Waals surface area contributed by atoms with Gasteiger partial charge in [-0.15, -0.1) is 0 Å². The predicted octanol–water partition coefficient (Wildman–Crippen LogP) is 6.04. The van der Waals surface area contributed by atoms with E-state index in [1.165, 1.54) is 5.56 Å². The van der Waals surface area contributed by atoms with Crippen LogP contribution < -0.4 is 14.8 Å². The third-order valence-corrected chi connectivity index (χ3v) is 6.57. The first kappa shape index (κ1) is 22.8. The molecule has 7 nitrogen and oxygen atoms in total. The van der Waals surface area contributed by atoms with Gasteiger partial charge in [0.1, 0.15) is 13.2 Å². The number of pyridine rings is 1. The number of carbonyl (C=O) groups is 1. The molecular weight excluding hydrogens is 464 g/mol. The molecule has 1 aliphatic heterocycles. The largest absolute Gasteiger partial charge is 0.486 e. The molecule has 184 valence electrons. The molecule has 0 bridgehead atoms. The maximum Gasteiger partial charge on any atom is 0.256 e. The van der Waals surface area contributed by atoms with E-state index >= 15 is 0 Å². The molecule has 0 saturated carbocycles. The first-order valence-electron chi connectivity index (χ1n) is 12.2. The van der Waals surface area contributed by atoms with Gasteiger partial charge in [-0.1, -0.05) is 29.3 Å². The van der Waals surface area contributed by atoms with Crippen molar-refractivity contribution in [1.29, 1.82) is 0 Å². The van der Waals surface area contributed by atoms with Crippen LogP contribution >= 0.6 is 0 Å². The average molecular weight is 491 g/mol. The molecule has 7 heteroatoms. The van der Waals surface area contributed by atoms with Crippen molar-refractivity contribution in [2.24, 2.45) is 0 Å². The van der Waals surface area contributed by atoms with E-state index in [9.17, 15) is 4.79 Å². The molecule has 0 unspecified atom stereocenters. The number of benzene rings is 3. The van der Waals surface area contributed by atoms with Crippen LogP contribution in [0.1, 0.15) is 27.2 Å². The van der Waals surface area contributed by atoms with Gasteiger partial charge in [0.15, 0.2) is 11.5 Å². The molecule has 3 aromatic carbocycles. The number of nitrogens with one attached hydrogen (secondary N) is 1. The lowest BCUT2D eigenvalue weighted by Crippen LogP contribution is -2.16. The highest BCUT2D eigenvalue weighted by molar-refractivity contribution is 6.13. The highest BCUT2D eigenvalue weighted by Crippen LogP contribution is 2.34. The van der Waals surface area contributed by atoms with Crippen molar-refractivity contribution in [2.45, 2.75) is 20.8 Å². The number of ether oxygens (including phenoxy) is 2. The first-order chi connectivity index (χ1) is 18.0. The molecule has 37 heavy (non-hydrogen) atoms. The molecule has 0 fully saturated rings. The van der Waals surface area contributed by atoms with E-state index in [4.69, 9.17) is 14.5 Å². The van der Waals surface area contributed by atoms with E-state index in [0.29, 0.717) is 41.7 Å². The fourth-order valence-corrected chi connectivity index (χ4v) is 4.59. The van der Waals surface area contributed by atoms with E-state index in [2.05, 4.69) is 29.5 Å². The number of fused-ring (bicyclic) bond motifs is 2. The van der Waals surface area contributed by atoms with Gasteiger partial charge in [0.05, 0.1) is 34.4 Å². The van der Waals surface area contributed by atoms with Crippen LogP contribution in [0.15, 0.2) is 72.9 Å². The highest BCUT2D eigenvalue weighted by Gasteiger charge is 2.19. The maximum absolute atomic E-state index is 13.6. The number of hydrogen-bond donors (Lipinski definition) is 1. The Kier molecular flexibility index (Phi) is 5.60. The van der Waals surface area contributed by atoms with Gasteiger partial charge in [-0.05, 0) is 63.2 Å². The molecule has 2 aromatic heterocycles. The van der Waals surface area contributed by atoms with E-state index in [-0.39, 0.29) is 5.91 Å². The number of hydrogen-bond acceptors (Lipinski definition) is 5. The van der Waals surface area contributed by atoms with Crippen LogP contribution in [0.2, 0.25) is 0 Å². The summed E-state index contributed by atoms with van der Waals surface area (Å²) < 4.78 is 13.2. The second-order valence-corrected chi connectivity index (χ2v) is 9.28.